The summed E-state index contributed by atoms with van der Waals surface area (Å²) in [6.07, 6.45) is 8.74. The van der Waals surface area contributed by atoms with Gasteiger partial charge in [-0.15, -0.1) is 0 Å². The second kappa shape index (κ2) is 6.19. The first-order valence-corrected chi connectivity index (χ1v) is 7.08. The van der Waals surface area contributed by atoms with E-state index in [2.05, 4.69) is 38.1 Å². The number of benzene rings is 1. The Kier molecular flexibility index (Phi) is 4.60. The zero-order chi connectivity index (χ0) is 13.0. The standard InChI is InChI=1S/C17H24O/c1-13-7-6-8-14(2)17(13)12-16(18)11-15-9-4-3-5-10-15/h6-9,16,18H,3-5,10-12H2,1-2H3. The number of hydrogen-bond donors (Lipinski definition) is 1. The van der Waals surface area contributed by atoms with Crippen LogP contribution in [0.2, 0.25) is 0 Å². The molecule has 1 N–H and O–H groups in total. The van der Waals surface area contributed by atoms with Crippen LogP contribution in [-0.2, 0) is 6.42 Å². The molecule has 0 saturated heterocycles. The van der Waals surface area contributed by atoms with Crippen LogP contribution in [0.15, 0.2) is 29.8 Å². The van der Waals surface area contributed by atoms with Crippen LogP contribution >= 0.6 is 0 Å². The van der Waals surface area contributed by atoms with E-state index < -0.39 is 0 Å². The lowest BCUT2D eigenvalue weighted by Gasteiger charge is -2.18. The van der Waals surface area contributed by atoms with E-state index in [1.807, 2.05) is 0 Å². The van der Waals surface area contributed by atoms with Crippen molar-refractivity contribution in [2.24, 2.45) is 0 Å². The normalized spacial score (nSPS) is 17.4. The summed E-state index contributed by atoms with van der Waals surface area (Å²) in [6, 6.07) is 6.36. The average Bonchev–Trinajstić information content (AvgIpc) is 2.35. The minimum absolute atomic E-state index is 0.228. The Balaban J connectivity index is 1.98. The van der Waals surface area contributed by atoms with E-state index in [4.69, 9.17) is 0 Å². The van der Waals surface area contributed by atoms with Gasteiger partial charge in [-0.1, -0.05) is 29.8 Å². The van der Waals surface area contributed by atoms with Crippen LogP contribution in [0.25, 0.3) is 0 Å². The Bertz CT molecular complexity index is 411. The molecule has 1 heteroatoms. The van der Waals surface area contributed by atoms with Gasteiger partial charge in [0.1, 0.15) is 0 Å². The maximum absolute atomic E-state index is 10.3. The van der Waals surface area contributed by atoms with Crippen LogP contribution < -0.4 is 0 Å². The highest BCUT2D eigenvalue weighted by Crippen LogP contribution is 2.23. The number of aryl methyl sites for hydroxylation is 2. The molecule has 1 atom stereocenters. The van der Waals surface area contributed by atoms with Crippen molar-refractivity contribution in [3.8, 4) is 0 Å². The molecule has 1 aromatic rings. The zero-order valence-electron chi connectivity index (χ0n) is 11.6. The van der Waals surface area contributed by atoms with Crippen molar-refractivity contribution in [1.82, 2.24) is 0 Å². The van der Waals surface area contributed by atoms with Crippen LogP contribution in [0.5, 0.6) is 0 Å². The van der Waals surface area contributed by atoms with E-state index in [0.29, 0.717) is 0 Å². The summed E-state index contributed by atoms with van der Waals surface area (Å²) in [7, 11) is 0. The third-order valence-corrected chi connectivity index (χ3v) is 3.97. The molecule has 0 aromatic heterocycles. The molecule has 1 aliphatic carbocycles. The van der Waals surface area contributed by atoms with Crippen molar-refractivity contribution in [2.45, 2.75) is 58.5 Å². The van der Waals surface area contributed by atoms with Crippen LogP contribution in [0, 0.1) is 13.8 Å². The third kappa shape index (κ3) is 3.46. The SMILES string of the molecule is Cc1cccc(C)c1CC(O)CC1=CCCCC1. The first-order valence-electron chi connectivity index (χ1n) is 7.08. The molecular weight excluding hydrogens is 220 g/mol. The van der Waals surface area contributed by atoms with Crippen molar-refractivity contribution < 1.29 is 5.11 Å². The number of allylic oxidation sites excluding steroid dienone is 1. The molecule has 1 aliphatic rings. The van der Waals surface area contributed by atoms with Gasteiger partial charge in [0, 0.05) is 0 Å². The first-order chi connectivity index (χ1) is 8.66. The lowest BCUT2D eigenvalue weighted by Crippen LogP contribution is -2.14. The first kappa shape index (κ1) is 13.4. The van der Waals surface area contributed by atoms with Crippen molar-refractivity contribution in [3.05, 3.63) is 46.5 Å². The fraction of sp³-hybridized carbons (Fsp3) is 0.529. The van der Waals surface area contributed by atoms with Gasteiger partial charge in [0.25, 0.3) is 0 Å². The predicted octanol–water partition coefficient (Wildman–Crippen LogP) is 4.10. The maximum atomic E-state index is 10.3. The van der Waals surface area contributed by atoms with Gasteiger partial charge in [0.15, 0.2) is 0 Å². The largest absolute Gasteiger partial charge is 0.392 e. The summed E-state index contributed by atoms with van der Waals surface area (Å²) in [6.45, 7) is 4.27. The fourth-order valence-electron chi connectivity index (χ4n) is 2.87. The van der Waals surface area contributed by atoms with E-state index >= 15 is 0 Å². The summed E-state index contributed by atoms with van der Waals surface area (Å²) >= 11 is 0. The quantitative estimate of drug-likeness (QED) is 0.791. The Morgan fingerprint density at radius 1 is 1.11 bits per heavy atom. The number of aliphatic hydroxyl groups excluding tert-OH is 1. The van der Waals surface area contributed by atoms with Crippen LogP contribution in [0.3, 0.4) is 0 Å². The zero-order valence-corrected chi connectivity index (χ0v) is 11.6. The van der Waals surface area contributed by atoms with Crippen LogP contribution in [0.4, 0.5) is 0 Å². The molecule has 1 unspecified atom stereocenters. The smallest absolute Gasteiger partial charge is 0.0617 e. The van der Waals surface area contributed by atoms with Crippen molar-refractivity contribution in [2.75, 3.05) is 0 Å². The number of rotatable bonds is 4. The van der Waals surface area contributed by atoms with Gasteiger partial charge in [0.05, 0.1) is 6.10 Å². The van der Waals surface area contributed by atoms with Crippen LogP contribution in [0.1, 0.15) is 48.8 Å². The third-order valence-electron chi connectivity index (χ3n) is 3.97. The molecule has 0 heterocycles. The molecule has 1 aromatic carbocycles. The van der Waals surface area contributed by atoms with E-state index in [0.717, 1.165) is 12.8 Å². The summed E-state index contributed by atoms with van der Waals surface area (Å²) in [4.78, 5) is 0. The molecule has 0 spiro atoms. The summed E-state index contributed by atoms with van der Waals surface area (Å²) in [5.74, 6) is 0. The van der Waals surface area contributed by atoms with Gasteiger partial charge in [-0.3, -0.25) is 0 Å². The second-order valence-electron chi connectivity index (χ2n) is 5.54. The number of hydrogen-bond acceptors (Lipinski definition) is 1. The molecule has 0 aliphatic heterocycles. The van der Waals surface area contributed by atoms with Gasteiger partial charge in [-0.2, -0.15) is 0 Å². The molecule has 0 radical (unpaired) electrons. The second-order valence-corrected chi connectivity index (χ2v) is 5.54. The molecule has 0 saturated carbocycles. The average molecular weight is 244 g/mol. The fourth-order valence-corrected chi connectivity index (χ4v) is 2.87. The molecule has 0 fully saturated rings. The summed E-state index contributed by atoms with van der Waals surface area (Å²) in [5.41, 5.74) is 5.37. The lowest BCUT2D eigenvalue weighted by molar-refractivity contribution is 0.173. The van der Waals surface area contributed by atoms with Gasteiger partial charge >= 0.3 is 0 Å². The Labute approximate surface area is 111 Å². The van der Waals surface area contributed by atoms with E-state index in [1.165, 1.54) is 47.9 Å². The molecule has 18 heavy (non-hydrogen) atoms. The maximum Gasteiger partial charge on any atom is 0.0617 e. The van der Waals surface area contributed by atoms with Crippen molar-refractivity contribution >= 4 is 0 Å². The van der Waals surface area contributed by atoms with E-state index in [-0.39, 0.29) is 6.10 Å². The van der Waals surface area contributed by atoms with Crippen LogP contribution in [-0.4, -0.2) is 11.2 Å². The minimum Gasteiger partial charge on any atom is -0.392 e. The van der Waals surface area contributed by atoms with E-state index in [1.54, 1.807) is 0 Å². The Hall–Kier alpha value is -1.08. The minimum atomic E-state index is -0.228. The molecule has 0 bridgehead atoms. The molecule has 0 amide bonds. The Morgan fingerprint density at radius 3 is 2.44 bits per heavy atom. The monoisotopic (exact) mass is 244 g/mol. The summed E-state index contributed by atoms with van der Waals surface area (Å²) < 4.78 is 0. The van der Waals surface area contributed by atoms with Gasteiger partial charge < -0.3 is 5.11 Å². The van der Waals surface area contributed by atoms with Gasteiger partial charge in [-0.25, -0.2) is 0 Å². The highest BCUT2D eigenvalue weighted by atomic mass is 16.3. The predicted molar refractivity (Wildman–Crippen MR) is 76.8 cm³/mol. The molecular formula is C17H24O. The molecule has 1 nitrogen and oxygen atoms in total. The molecule has 98 valence electrons. The van der Waals surface area contributed by atoms with Crippen molar-refractivity contribution in [3.63, 3.8) is 0 Å². The Morgan fingerprint density at radius 2 is 1.83 bits per heavy atom. The molecule has 2 rings (SSSR count). The van der Waals surface area contributed by atoms with Gasteiger partial charge in [0.2, 0.25) is 0 Å². The lowest BCUT2D eigenvalue weighted by atomic mass is 9.91. The van der Waals surface area contributed by atoms with Crippen molar-refractivity contribution in [1.29, 1.82) is 0 Å². The van der Waals surface area contributed by atoms with Gasteiger partial charge in [-0.05, 0) is 69.1 Å². The highest BCUT2D eigenvalue weighted by Gasteiger charge is 2.13. The summed E-state index contributed by atoms with van der Waals surface area (Å²) in [5, 5.41) is 10.3. The van der Waals surface area contributed by atoms with E-state index in [9.17, 15) is 5.11 Å². The topological polar surface area (TPSA) is 20.2 Å². The number of aliphatic hydroxyl groups is 1. The highest BCUT2D eigenvalue weighted by molar-refractivity contribution is 5.34.